The standard InChI is InChI=1S/C13H22N2OS2/c14-11(17)13(6-3-1-2-4-7-13)12(16)15-10-5-8-18-9-10/h10H,1-9H2,(H2,14,17)(H,15,16). The number of thiocarbonyl (C=S) groups is 1. The minimum absolute atomic E-state index is 0.0874. The Labute approximate surface area is 119 Å². The minimum atomic E-state index is -0.570. The summed E-state index contributed by atoms with van der Waals surface area (Å²) in [5.41, 5.74) is 5.34. The average Bonchev–Trinajstić information content (AvgIpc) is 2.70. The van der Waals surface area contributed by atoms with E-state index in [1.165, 1.54) is 12.8 Å². The van der Waals surface area contributed by atoms with Gasteiger partial charge in [0.05, 0.1) is 10.4 Å². The van der Waals surface area contributed by atoms with Gasteiger partial charge in [-0.1, -0.05) is 37.9 Å². The largest absolute Gasteiger partial charge is 0.392 e. The molecule has 0 aromatic rings. The van der Waals surface area contributed by atoms with Crippen LogP contribution in [0.25, 0.3) is 0 Å². The molecule has 5 heteroatoms. The van der Waals surface area contributed by atoms with Crippen LogP contribution in [0.5, 0.6) is 0 Å². The molecule has 1 unspecified atom stereocenters. The third-order valence-electron chi connectivity index (χ3n) is 4.13. The van der Waals surface area contributed by atoms with E-state index in [0.717, 1.165) is 43.6 Å². The third kappa shape index (κ3) is 2.99. The molecule has 2 aliphatic rings. The lowest BCUT2D eigenvalue weighted by Crippen LogP contribution is -2.51. The quantitative estimate of drug-likeness (QED) is 0.617. The highest BCUT2D eigenvalue weighted by molar-refractivity contribution is 7.99. The first-order valence-electron chi connectivity index (χ1n) is 6.84. The molecule has 1 saturated heterocycles. The Bertz CT molecular complexity index is 319. The van der Waals surface area contributed by atoms with E-state index >= 15 is 0 Å². The molecule has 102 valence electrons. The molecule has 2 rings (SSSR count). The van der Waals surface area contributed by atoms with Crippen LogP contribution < -0.4 is 11.1 Å². The van der Waals surface area contributed by atoms with E-state index in [-0.39, 0.29) is 5.91 Å². The molecule has 0 aromatic carbocycles. The Kier molecular flexibility index (Phi) is 4.90. The maximum Gasteiger partial charge on any atom is 0.233 e. The topological polar surface area (TPSA) is 55.1 Å². The van der Waals surface area contributed by atoms with Crippen molar-refractivity contribution in [2.45, 2.75) is 51.0 Å². The molecule has 2 fully saturated rings. The Hall–Kier alpha value is -0.290. The van der Waals surface area contributed by atoms with Gasteiger partial charge in [-0.15, -0.1) is 0 Å². The van der Waals surface area contributed by atoms with Crippen LogP contribution in [0, 0.1) is 5.41 Å². The molecule has 1 saturated carbocycles. The van der Waals surface area contributed by atoms with Crippen LogP contribution in [-0.2, 0) is 4.79 Å². The van der Waals surface area contributed by atoms with Crippen LogP contribution in [0.4, 0.5) is 0 Å². The van der Waals surface area contributed by atoms with Crippen LogP contribution in [0.1, 0.15) is 44.9 Å². The Morgan fingerprint density at radius 2 is 1.94 bits per heavy atom. The maximum absolute atomic E-state index is 12.6. The molecule has 0 bridgehead atoms. The third-order valence-corrected chi connectivity index (χ3v) is 5.68. The fourth-order valence-electron chi connectivity index (χ4n) is 2.89. The fourth-order valence-corrected chi connectivity index (χ4v) is 4.34. The minimum Gasteiger partial charge on any atom is -0.392 e. The van der Waals surface area contributed by atoms with Gasteiger partial charge >= 0.3 is 0 Å². The first-order valence-corrected chi connectivity index (χ1v) is 8.40. The van der Waals surface area contributed by atoms with Crippen LogP contribution in [0.15, 0.2) is 0 Å². The van der Waals surface area contributed by atoms with Crippen molar-refractivity contribution in [3.8, 4) is 0 Å². The van der Waals surface area contributed by atoms with Gasteiger partial charge in [0.1, 0.15) is 0 Å². The van der Waals surface area contributed by atoms with Gasteiger partial charge in [-0.3, -0.25) is 4.79 Å². The fraction of sp³-hybridized carbons (Fsp3) is 0.846. The molecule has 0 spiro atoms. The van der Waals surface area contributed by atoms with E-state index in [0.29, 0.717) is 11.0 Å². The zero-order chi connectivity index (χ0) is 13.0. The van der Waals surface area contributed by atoms with E-state index in [4.69, 9.17) is 18.0 Å². The average molecular weight is 286 g/mol. The second-order valence-corrected chi connectivity index (χ2v) is 6.98. The molecular weight excluding hydrogens is 264 g/mol. The van der Waals surface area contributed by atoms with E-state index in [2.05, 4.69) is 5.32 Å². The summed E-state index contributed by atoms with van der Waals surface area (Å²) in [6.45, 7) is 0. The summed E-state index contributed by atoms with van der Waals surface area (Å²) in [5, 5.41) is 3.17. The van der Waals surface area contributed by atoms with Crippen molar-refractivity contribution < 1.29 is 4.79 Å². The van der Waals surface area contributed by atoms with Crippen LogP contribution in [0.3, 0.4) is 0 Å². The van der Waals surface area contributed by atoms with Crippen molar-refractivity contribution in [2.75, 3.05) is 11.5 Å². The van der Waals surface area contributed by atoms with Crippen molar-refractivity contribution in [3.63, 3.8) is 0 Å². The lowest BCUT2D eigenvalue weighted by Gasteiger charge is -2.31. The summed E-state index contributed by atoms with van der Waals surface area (Å²) in [6, 6.07) is 0.317. The number of hydrogen-bond donors (Lipinski definition) is 2. The predicted molar refractivity (Wildman–Crippen MR) is 80.8 cm³/mol. The molecule has 3 nitrogen and oxygen atoms in total. The lowest BCUT2D eigenvalue weighted by atomic mass is 9.79. The highest BCUT2D eigenvalue weighted by Gasteiger charge is 2.42. The van der Waals surface area contributed by atoms with Crippen LogP contribution >= 0.6 is 24.0 Å². The maximum atomic E-state index is 12.6. The van der Waals surface area contributed by atoms with Crippen molar-refractivity contribution >= 4 is 34.9 Å². The van der Waals surface area contributed by atoms with E-state index < -0.39 is 5.41 Å². The Morgan fingerprint density at radius 1 is 1.28 bits per heavy atom. The predicted octanol–water partition coefficient (Wildman–Crippen LogP) is 2.23. The zero-order valence-corrected chi connectivity index (χ0v) is 12.4. The van der Waals surface area contributed by atoms with Crippen molar-refractivity contribution in [2.24, 2.45) is 11.1 Å². The smallest absolute Gasteiger partial charge is 0.233 e. The van der Waals surface area contributed by atoms with Gasteiger partial charge in [-0.25, -0.2) is 0 Å². The molecule has 1 atom stereocenters. The summed E-state index contributed by atoms with van der Waals surface area (Å²) >= 11 is 7.12. The highest BCUT2D eigenvalue weighted by atomic mass is 32.2. The summed E-state index contributed by atoms with van der Waals surface area (Å²) < 4.78 is 0. The van der Waals surface area contributed by atoms with Crippen molar-refractivity contribution in [1.82, 2.24) is 5.32 Å². The Balaban J connectivity index is 2.07. The van der Waals surface area contributed by atoms with E-state index in [1.54, 1.807) is 0 Å². The second kappa shape index (κ2) is 6.24. The summed E-state index contributed by atoms with van der Waals surface area (Å²) in [6.07, 6.45) is 7.23. The van der Waals surface area contributed by atoms with Crippen molar-refractivity contribution in [3.05, 3.63) is 0 Å². The van der Waals surface area contributed by atoms with Gasteiger partial charge in [-0.2, -0.15) is 11.8 Å². The molecule has 3 N–H and O–H groups in total. The number of amides is 1. The summed E-state index contributed by atoms with van der Waals surface area (Å²) in [5.74, 6) is 2.26. The molecule has 1 heterocycles. The zero-order valence-electron chi connectivity index (χ0n) is 10.7. The van der Waals surface area contributed by atoms with E-state index in [1.807, 2.05) is 11.8 Å². The molecular formula is C13H22N2OS2. The van der Waals surface area contributed by atoms with Crippen LogP contribution in [0.2, 0.25) is 0 Å². The number of carbonyl (C=O) groups is 1. The normalized spacial score (nSPS) is 27.4. The first-order chi connectivity index (χ1) is 8.65. The monoisotopic (exact) mass is 286 g/mol. The summed E-state index contributed by atoms with van der Waals surface area (Å²) in [4.78, 5) is 13.0. The SMILES string of the molecule is NC(=S)C1(C(=O)NC2CCSC2)CCCCCC1. The number of hydrogen-bond acceptors (Lipinski definition) is 3. The van der Waals surface area contributed by atoms with Gasteiger partial charge in [0.25, 0.3) is 0 Å². The van der Waals surface area contributed by atoms with Crippen molar-refractivity contribution in [1.29, 1.82) is 0 Å². The number of nitrogens with two attached hydrogens (primary N) is 1. The molecule has 0 aromatic heterocycles. The highest BCUT2D eigenvalue weighted by Crippen LogP contribution is 2.36. The van der Waals surface area contributed by atoms with Crippen LogP contribution in [-0.4, -0.2) is 28.4 Å². The first kappa shape index (κ1) is 14.1. The number of thioether (sulfide) groups is 1. The van der Waals surface area contributed by atoms with Gasteiger partial charge in [0.15, 0.2) is 0 Å². The Morgan fingerprint density at radius 3 is 2.44 bits per heavy atom. The second-order valence-electron chi connectivity index (χ2n) is 5.39. The van der Waals surface area contributed by atoms with Gasteiger partial charge in [0.2, 0.25) is 5.91 Å². The molecule has 1 aliphatic heterocycles. The number of nitrogens with one attached hydrogen (secondary N) is 1. The summed E-state index contributed by atoms with van der Waals surface area (Å²) in [7, 11) is 0. The number of rotatable bonds is 3. The molecule has 18 heavy (non-hydrogen) atoms. The van der Waals surface area contributed by atoms with E-state index in [9.17, 15) is 4.79 Å². The van der Waals surface area contributed by atoms with Gasteiger partial charge in [-0.05, 0) is 25.0 Å². The lowest BCUT2D eigenvalue weighted by molar-refractivity contribution is -0.128. The molecule has 1 aliphatic carbocycles. The molecule has 0 radical (unpaired) electrons. The molecule has 1 amide bonds. The number of carbonyl (C=O) groups excluding carboxylic acids is 1. The van der Waals surface area contributed by atoms with Gasteiger partial charge < -0.3 is 11.1 Å². The van der Waals surface area contributed by atoms with Gasteiger partial charge in [0, 0.05) is 11.8 Å².